The van der Waals surface area contributed by atoms with Crippen molar-refractivity contribution >= 4 is 17.2 Å². The molecule has 0 amide bonds. The molecule has 4 N–H and O–H groups in total. The zero-order valence-electron chi connectivity index (χ0n) is 12.8. The quantitative estimate of drug-likeness (QED) is 0.632. The van der Waals surface area contributed by atoms with Crippen LogP contribution >= 0.6 is 0 Å². The van der Waals surface area contributed by atoms with E-state index in [0.29, 0.717) is 35.8 Å². The number of anilines is 2. The largest absolute Gasteiger partial charge is 0.492 e. The molecule has 0 fully saturated rings. The van der Waals surface area contributed by atoms with E-state index in [9.17, 15) is 4.79 Å². The Balaban J connectivity index is 2.59. The van der Waals surface area contributed by atoms with Crippen LogP contribution in [0.1, 0.15) is 29.8 Å². The summed E-state index contributed by atoms with van der Waals surface area (Å²) < 4.78 is 11.0. The van der Waals surface area contributed by atoms with Gasteiger partial charge >= 0.3 is 0 Å². The molecule has 2 aromatic carbocycles. The molecular formula is C17H20N2O3. The van der Waals surface area contributed by atoms with E-state index in [4.69, 9.17) is 20.9 Å². The summed E-state index contributed by atoms with van der Waals surface area (Å²) in [6, 6.07) is 10.5. The number of nitrogens with two attached hydrogens (primary N) is 2. The van der Waals surface area contributed by atoms with Crippen molar-refractivity contribution < 1.29 is 14.3 Å². The van der Waals surface area contributed by atoms with E-state index in [1.165, 1.54) is 0 Å². The normalized spacial score (nSPS) is 10.3. The van der Waals surface area contributed by atoms with E-state index in [0.717, 1.165) is 0 Å². The SMILES string of the molecule is CCOc1cc(C(=O)c2ccccc2)c(OCC)c(N)c1N. The van der Waals surface area contributed by atoms with E-state index < -0.39 is 0 Å². The Bertz CT molecular complexity index is 669. The molecule has 2 rings (SSSR count). The number of nitrogen functional groups attached to an aromatic ring is 2. The summed E-state index contributed by atoms with van der Waals surface area (Å²) in [6.07, 6.45) is 0. The lowest BCUT2D eigenvalue weighted by Gasteiger charge is -2.17. The van der Waals surface area contributed by atoms with E-state index in [2.05, 4.69) is 0 Å². The van der Waals surface area contributed by atoms with Crippen LogP contribution in [0.15, 0.2) is 36.4 Å². The van der Waals surface area contributed by atoms with E-state index in [-0.39, 0.29) is 17.2 Å². The number of hydrogen-bond acceptors (Lipinski definition) is 5. The van der Waals surface area contributed by atoms with Crippen molar-refractivity contribution in [2.75, 3.05) is 24.7 Å². The highest BCUT2D eigenvalue weighted by molar-refractivity contribution is 6.12. The number of rotatable bonds is 6. The standard InChI is InChI=1S/C17H20N2O3/c1-3-21-13-10-12(16(20)11-8-6-5-7-9-11)17(22-4-2)15(19)14(13)18/h5-10H,3-4,18-19H2,1-2H3. The fraction of sp³-hybridized carbons (Fsp3) is 0.235. The summed E-state index contributed by atoms with van der Waals surface area (Å²) in [5, 5.41) is 0. The maximum absolute atomic E-state index is 12.7. The van der Waals surface area contributed by atoms with Gasteiger partial charge in [-0.25, -0.2) is 0 Å². The highest BCUT2D eigenvalue weighted by Gasteiger charge is 2.22. The number of benzene rings is 2. The third-order valence-electron chi connectivity index (χ3n) is 3.19. The maximum Gasteiger partial charge on any atom is 0.196 e. The highest BCUT2D eigenvalue weighted by Crippen LogP contribution is 2.40. The van der Waals surface area contributed by atoms with Crippen molar-refractivity contribution in [2.24, 2.45) is 0 Å². The summed E-state index contributed by atoms with van der Waals surface area (Å²) in [4.78, 5) is 12.7. The molecule has 0 bridgehead atoms. The van der Waals surface area contributed by atoms with Gasteiger partial charge in [0.1, 0.15) is 17.1 Å². The van der Waals surface area contributed by atoms with E-state index in [1.807, 2.05) is 19.9 Å². The molecule has 0 unspecified atom stereocenters. The van der Waals surface area contributed by atoms with Crippen LogP contribution in [-0.2, 0) is 0 Å². The van der Waals surface area contributed by atoms with Crippen LogP contribution in [0, 0.1) is 0 Å². The van der Waals surface area contributed by atoms with Gasteiger partial charge in [-0.2, -0.15) is 0 Å². The van der Waals surface area contributed by atoms with Gasteiger partial charge in [0.2, 0.25) is 0 Å². The number of carbonyl (C=O) groups excluding carboxylic acids is 1. The number of ether oxygens (including phenoxy) is 2. The molecule has 0 radical (unpaired) electrons. The van der Waals surface area contributed by atoms with Crippen LogP contribution in [0.5, 0.6) is 11.5 Å². The molecule has 5 nitrogen and oxygen atoms in total. The van der Waals surface area contributed by atoms with Gasteiger partial charge in [0.25, 0.3) is 0 Å². The lowest BCUT2D eigenvalue weighted by molar-refractivity contribution is 0.103. The average molecular weight is 300 g/mol. The monoisotopic (exact) mass is 300 g/mol. The van der Waals surface area contributed by atoms with Crippen LogP contribution < -0.4 is 20.9 Å². The predicted molar refractivity (Wildman–Crippen MR) is 87.5 cm³/mol. The van der Waals surface area contributed by atoms with Crippen molar-refractivity contribution in [3.05, 3.63) is 47.5 Å². The molecule has 0 saturated carbocycles. The Morgan fingerprint density at radius 2 is 1.64 bits per heavy atom. The molecule has 5 heteroatoms. The Hall–Kier alpha value is -2.69. The number of ketones is 1. The molecular weight excluding hydrogens is 280 g/mol. The zero-order chi connectivity index (χ0) is 16.1. The number of hydrogen-bond donors (Lipinski definition) is 2. The summed E-state index contributed by atoms with van der Waals surface area (Å²) in [5.74, 6) is 0.511. The van der Waals surface area contributed by atoms with Crippen LogP contribution in [0.25, 0.3) is 0 Å². The minimum absolute atomic E-state index is 0.184. The summed E-state index contributed by atoms with van der Waals surface area (Å²) in [7, 11) is 0. The van der Waals surface area contributed by atoms with Gasteiger partial charge in [0.05, 0.1) is 18.8 Å². The van der Waals surface area contributed by atoms with Crippen LogP contribution in [0.3, 0.4) is 0 Å². The second kappa shape index (κ2) is 6.85. The van der Waals surface area contributed by atoms with Gasteiger partial charge < -0.3 is 20.9 Å². The van der Waals surface area contributed by atoms with Crippen LogP contribution in [0.2, 0.25) is 0 Å². The Labute approximate surface area is 129 Å². The molecule has 0 aliphatic heterocycles. The lowest BCUT2D eigenvalue weighted by atomic mass is 10.0. The molecule has 0 heterocycles. The minimum atomic E-state index is -0.184. The molecule has 0 aliphatic carbocycles. The smallest absolute Gasteiger partial charge is 0.196 e. The molecule has 116 valence electrons. The second-order valence-corrected chi connectivity index (χ2v) is 4.64. The first kappa shape index (κ1) is 15.7. The summed E-state index contributed by atoms with van der Waals surface area (Å²) in [6.45, 7) is 4.47. The van der Waals surface area contributed by atoms with Gasteiger partial charge in [-0.05, 0) is 19.9 Å². The van der Waals surface area contributed by atoms with Crippen molar-refractivity contribution in [3.63, 3.8) is 0 Å². The average Bonchev–Trinajstić information content (AvgIpc) is 2.55. The van der Waals surface area contributed by atoms with E-state index in [1.54, 1.807) is 30.3 Å². The van der Waals surface area contributed by atoms with Gasteiger partial charge in [-0.3, -0.25) is 4.79 Å². The fourth-order valence-corrected chi connectivity index (χ4v) is 2.16. The third kappa shape index (κ3) is 2.98. The van der Waals surface area contributed by atoms with Gasteiger partial charge in [0, 0.05) is 5.56 Å². The number of carbonyl (C=O) groups is 1. The lowest BCUT2D eigenvalue weighted by Crippen LogP contribution is -2.11. The summed E-state index contributed by atoms with van der Waals surface area (Å²) >= 11 is 0. The van der Waals surface area contributed by atoms with Crippen molar-refractivity contribution in [1.82, 2.24) is 0 Å². The fourth-order valence-electron chi connectivity index (χ4n) is 2.16. The molecule has 22 heavy (non-hydrogen) atoms. The minimum Gasteiger partial charge on any atom is -0.492 e. The van der Waals surface area contributed by atoms with E-state index >= 15 is 0 Å². The molecule has 2 aromatic rings. The Kier molecular flexibility index (Phi) is 4.88. The van der Waals surface area contributed by atoms with Crippen LogP contribution in [0.4, 0.5) is 11.4 Å². The van der Waals surface area contributed by atoms with Crippen molar-refractivity contribution in [3.8, 4) is 11.5 Å². The third-order valence-corrected chi connectivity index (χ3v) is 3.19. The molecule has 0 aromatic heterocycles. The van der Waals surface area contributed by atoms with Crippen molar-refractivity contribution in [2.45, 2.75) is 13.8 Å². The second-order valence-electron chi connectivity index (χ2n) is 4.64. The topological polar surface area (TPSA) is 87.6 Å². The maximum atomic E-state index is 12.7. The first-order chi connectivity index (χ1) is 10.6. The summed E-state index contributed by atoms with van der Waals surface area (Å²) in [5.41, 5.74) is 13.4. The Morgan fingerprint density at radius 3 is 2.23 bits per heavy atom. The van der Waals surface area contributed by atoms with Crippen molar-refractivity contribution in [1.29, 1.82) is 0 Å². The highest BCUT2D eigenvalue weighted by atomic mass is 16.5. The molecule has 0 aliphatic rings. The zero-order valence-corrected chi connectivity index (χ0v) is 12.8. The molecule has 0 spiro atoms. The first-order valence-electron chi connectivity index (χ1n) is 7.17. The first-order valence-corrected chi connectivity index (χ1v) is 7.17. The Morgan fingerprint density at radius 1 is 1.00 bits per heavy atom. The van der Waals surface area contributed by atoms with Gasteiger partial charge in [0.15, 0.2) is 11.5 Å². The molecule has 0 saturated heterocycles. The van der Waals surface area contributed by atoms with Gasteiger partial charge in [-0.1, -0.05) is 30.3 Å². The van der Waals surface area contributed by atoms with Crippen LogP contribution in [-0.4, -0.2) is 19.0 Å². The van der Waals surface area contributed by atoms with Gasteiger partial charge in [-0.15, -0.1) is 0 Å². The predicted octanol–water partition coefficient (Wildman–Crippen LogP) is 2.88. The molecule has 0 atom stereocenters.